The molecule has 1 rings (SSSR count). The Hall–Kier alpha value is -1.83. The molecule has 0 N–H and O–H groups in total. The highest BCUT2D eigenvalue weighted by Crippen LogP contribution is 1.98. The number of pyridine rings is 1. The van der Waals surface area contributed by atoms with Crippen molar-refractivity contribution in [2.75, 3.05) is 0 Å². The van der Waals surface area contributed by atoms with Gasteiger partial charge in [-0.2, -0.15) is 0 Å². The van der Waals surface area contributed by atoms with Crippen LogP contribution in [0.2, 0.25) is 0 Å². The van der Waals surface area contributed by atoms with E-state index in [-0.39, 0.29) is 5.56 Å². The Morgan fingerprint density at radius 3 is 2.60 bits per heavy atom. The Morgan fingerprint density at radius 2 is 2.07 bits per heavy atom. The first-order valence-electron chi connectivity index (χ1n) is 4.92. The summed E-state index contributed by atoms with van der Waals surface area (Å²) in [6.07, 6.45) is 6.79. The average Bonchev–Trinajstić information content (AvgIpc) is 2.29. The molecule has 2 heteroatoms. The molecule has 0 spiro atoms. The standard InChI is InChI=1S/C11H11NO.C2H6/c1-3-4-7-10(2)12-9-6-5-8-11(12)13;1-2/h3-9H,1-2H2;1-2H3/b7-4-;. The summed E-state index contributed by atoms with van der Waals surface area (Å²) in [7, 11) is 0. The normalized spacial score (nSPS) is 9.20. The van der Waals surface area contributed by atoms with Crippen molar-refractivity contribution >= 4 is 5.70 Å². The van der Waals surface area contributed by atoms with Crippen LogP contribution in [-0.4, -0.2) is 4.57 Å². The molecule has 1 aromatic rings. The fraction of sp³-hybridized carbons (Fsp3) is 0.154. The first-order chi connectivity index (χ1) is 7.25. The molecule has 0 radical (unpaired) electrons. The summed E-state index contributed by atoms with van der Waals surface area (Å²) in [5.41, 5.74) is 0.548. The van der Waals surface area contributed by atoms with Crippen molar-refractivity contribution in [3.63, 3.8) is 0 Å². The molecule has 0 amide bonds. The van der Waals surface area contributed by atoms with E-state index in [0.29, 0.717) is 5.70 Å². The van der Waals surface area contributed by atoms with Crippen molar-refractivity contribution in [3.8, 4) is 0 Å². The minimum absolute atomic E-state index is 0.0822. The number of hydrogen-bond acceptors (Lipinski definition) is 1. The smallest absolute Gasteiger partial charge is 0.255 e. The zero-order valence-corrected chi connectivity index (χ0v) is 9.31. The molecule has 0 aromatic carbocycles. The van der Waals surface area contributed by atoms with Crippen LogP contribution in [0.3, 0.4) is 0 Å². The number of allylic oxidation sites excluding steroid dienone is 4. The first kappa shape index (κ1) is 13.2. The molecule has 0 atom stereocenters. The van der Waals surface area contributed by atoms with Crippen LogP contribution in [0.25, 0.3) is 5.70 Å². The fourth-order valence-corrected chi connectivity index (χ4v) is 0.924. The third-order valence-corrected chi connectivity index (χ3v) is 1.56. The molecule has 0 saturated heterocycles. The maximum atomic E-state index is 11.3. The molecule has 1 heterocycles. The predicted octanol–water partition coefficient (Wildman–Crippen LogP) is 3.09. The van der Waals surface area contributed by atoms with Crippen LogP contribution in [0, 0.1) is 0 Å². The lowest BCUT2D eigenvalue weighted by Crippen LogP contribution is -2.15. The highest BCUT2D eigenvalue weighted by atomic mass is 16.1. The van der Waals surface area contributed by atoms with Crippen molar-refractivity contribution in [1.29, 1.82) is 0 Å². The Labute approximate surface area is 90.9 Å². The summed E-state index contributed by atoms with van der Waals surface area (Å²) in [4.78, 5) is 11.3. The molecule has 0 unspecified atom stereocenters. The van der Waals surface area contributed by atoms with Gasteiger partial charge in [0.2, 0.25) is 0 Å². The van der Waals surface area contributed by atoms with Gasteiger partial charge in [-0.3, -0.25) is 9.36 Å². The second kappa shape index (κ2) is 7.56. The highest BCUT2D eigenvalue weighted by molar-refractivity contribution is 5.54. The summed E-state index contributed by atoms with van der Waals surface area (Å²) in [5.74, 6) is 0. The predicted molar refractivity (Wildman–Crippen MR) is 66.7 cm³/mol. The lowest BCUT2D eigenvalue weighted by molar-refractivity contribution is 1.03. The maximum absolute atomic E-state index is 11.3. The molecule has 1 aromatic heterocycles. The molecular formula is C13H17NO. The summed E-state index contributed by atoms with van der Waals surface area (Å²) in [5, 5.41) is 0. The molecule has 15 heavy (non-hydrogen) atoms. The van der Waals surface area contributed by atoms with Gasteiger partial charge in [0.15, 0.2) is 0 Å². The topological polar surface area (TPSA) is 22.0 Å². The van der Waals surface area contributed by atoms with E-state index in [1.54, 1.807) is 36.6 Å². The lowest BCUT2D eigenvalue weighted by atomic mass is 10.3. The van der Waals surface area contributed by atoms with Crippen molar-refractivity contribution < 1.29 is 0 Å². The number of rotatable bonds is 3. The van der Waals surface area contributed by atoms with Crippen LogP contribution in [0.5, 0.6) is 0 Å². The van der Waals surface area contributed by atoms with E-state index in [9.17, 15) is 4.79 Å². The van der Waals surface area contributed by atoms with Gasteiger partial charge in [-0.05, 0) is 12.1 Å². The Bertz CT molecular complexity index is 399. The van der Waals surface area contributed by atoms with Gasteiger partial charge in [0.05, 0.1) is 0 Å². The molecule has 0 aliphatic carbocycles. The van der Waals surface area contributed by atoms with Gasteiger partial charge >= 0.3 is 0 Å². The van der Waals surface area contributed by atoms with Crippen LogP contribution in [0.1, 0.15) is 13.8 Å². The highest BCUT2D eigenvalue weighted by Gasteiger charge is 1.93. The first-order valence-corrected chi connectivity index (χ1v) is 4.92. The Morgan fingerprint density at radius 1 is 1.40 bits per heavy atom. The second-order valence-electron chi connectivity index (χ2n) is 2.50. The van der Waals surface area contributed by atoms with Crippen molar-refractivity contribution in [3.05, 3.63) is 66.1 Å². The van der Waals surface area contributed by atoms with E-state index in [2.05, 4.69) is 13.2 Å². The van der Waals surface area contributed by atoms with Crippen molar-refractivity contribution in [1.82, 2.24) is 4.57 Å². The second-order valence-corrected chi connectivity index (χ2v) is 2.50. The largest absolute Gasteiger partial charge is 0.285 e. The number of nitrogens with zero attached hydrogens (tertiary/aromatic N) is 1. The van der Waals surface area contributed by atoms with Gasteiger partial charge in [0, 0.05) is 18.0 Å². The lowest BCUT2D eigenvalue weighted by Gasteiger charge is -2.02. The van der Waals surface area contributed by atoms with Gasteiger partial charge < -0.3 is 0 Å². The Balaban J connectivity index is 0.000000921. The van der Waals surface area contributed by atoms with Gasteiger partial charge in [-0.15, -0.1) is 0 Å². The van der Waals surface area contributed by atoms with Crippen LogP contribution in [0.4, 0.5) is 0 Å². The summed E-state index contributed by atoms with van der Waals surface area (Å²) in [6, 6.07) is 4.98. The SMILES string of the molecule is C=C/C=C\C(=C)n1ccccc1=O.CC. The summed E-state index contributed by atoms with van der Waals surface area (Å²) in [6.45, 7) is 11.3. The van der Waals surface area contributed by atoms with E-state index < -0.39 is 0 Å². The van der Waals surface area contributed by atoms with Crippen molar-refractivity contribution in [2.24, 2.45) is 0 Å². The van der Waals surface area contributed by atoms with E-state index in [1.807, 2.05) is 13.8 Å². The van der Waals surface area contributed by atoms with Crippen LogP contribution < -0.4 is 5.56 Å². The number of hydrogen-bond donors (Lipinski definition) is 0. The van der Waals surface area contributed by atoms with E-state index in [0.717, 1.165) is 0 Å². The van der Waals surface area contributed by atoms with E-state index >= 15 is 0 Å². The quantitative estimate of drug-likeness (QED) is 0.692. The molecule has 0 saturated carbocycles. The van der Waals surface area contributed by atoms with Gasteiger partial charge in [-0.1, -0.05) is 45.2 Å². The Kier molecular flexibility index (Phi) is 6.64. The van der Waals surface area contributed by atoms with Crippen LogP contribution in [-0.2, 0) is 0 Å². The van der Waals surface area contributed by atoms with Gasteiger partial charge in [0.1, 0.15) is 0 Å². The summed E-state index contributed by atoms with van der Waals surface area (Å²) < 4.78 is 1.47. The molecule has 0 aliphatic heterocycles. The van der Waals surface area contributed by atoms with E-state index in [4.69, 9.17) is 0 Å². The van der Waals surface area contributed by atoms with Crippen LogP contribution in [0.15, 0.2) is 60.6 Å². The third kappa shape index (κ3) is 4.27. The van der Waals surface area contributed by atoms with Crippen LogP contribution >= 0.6 is 0 Å². The summed E-state index contributed by atoms with van der Waals surface area (Å²) >= 11 is 0. The average molecular weight is 203 g/mol. The monoisotopic (exact) mass is 203 g/mol. The number of aromatic nitrogens is 1. The molecule has 80 valence electrons. The molecule has 0 fully saturated rings. The zero-order valence-electron chi connectivity index (χ0n) is 9.31. The fourth-order valence-electron chi connectivity index (χ4n) is 0.924. The minimum atomic E-state index is -0.0822. The molecular weight excluding hydrogens is 186 g/mol. The zero-order chi connectivity index (χ0) is 11.7. The van der Waals surface area contributed by atoms with Gasteiger partial charge in [0.25, 0.3) is 5.56 Å². The molecule has 2 nitrogen and oxygen atoms in total. The minimum Gasteiger partial charge on any atom is -0.285 e. The maximum Gasteiger partial charge on any atom is 0.255 e. The molecule has 0 aliphatic rings. The third-order valence-electron chi connectivity index (χ3n) is 1.56. The van der Waals surface area contributed by atoms with Gasteiger partial charge in [-0.25, -0.2) is 0 Å². The molecule has 0 bridgehead atoms. The van der Waals surface area contributed by atoms with E-state index in [1.165, 1.54) is 10.6 Å². The van der Waals surface area contributed by atoms with Crippen molar-refractivity contribution in [2.45, 2.75) is 13.8 Å².